The zero-order chi connectivity index (χ0) is 16.8. The molecule has 0 saturated carbocycles. The van der Waals surface area contributed by atoms with Crippen molar-refractivity contribution in [3.63, 3.8) is 0 Å². The molecule has 0 aliphatic heterocycles. The summed E-state index contributed by atoms with van der Waals surface area (Å²) in [6, 6.07) is 5.83. The van der Waals surface area contributed by atoms with E-state index in [1.54, 1.807) is 19.1 Å². The SMILES string of the molecule is CCN(CC)CCNC(=O)c1c(-c2ccc(F)cc2)noc1C. The van der Waals surface area contributed by atoms with Crippen molar-refractivity contribution in [1.29, 1.82) is 0 Å². The van der Waals surface area contributed by atoms with Gasteiger partial charge in [0.25, 0.3) is 5.91 Å². The highest BCUT2D eigenvalue weighted by molar-refractivity contribution is 6.00. The number of halogens is 1. The van der Waals surface area contributed by atoms with Crippen LogP contribution in [0.15, 0.2) is 28.8 Å². The van der Waals surface area contributed by atoms with Crippen LogP contribution in [0.4, 0.5) is 4.39 Å². The summed E-state index contributed by atoms with van der Waals surface area (Å²) < 4.78 is 18.2. The first kappa shape index (κ1) is 17.1. The Morgan fingerprint density at radius 1 is 1.26 bits per heavy atom. The molecule has 6 heteroatoms. The summed E-state index contributed by atoms with van der Waals surface area (Å²) in [5, 5.41) is 6.84. The fourth-order valence-corrected chi connectivity index (χ4v) is 2.40. The lowest BCUT2D eigenvalue weighted by atomic mass is 10.1. The largest absolute Gasteiger partial charge is 0.360 e. The molecular formula is C17H22FN3O2. The Balaban J connectivity index is 2.11. The van der Waals surface area contributed by atoms with Crippen molar-refractivity contribution in [2.75, 3.05) is 26.2 Å². The molecule has 1 amide bonds. The number of aryl methyl sites for hydroxylation is 1. The summed E-state index contributed by atoms with van der Waals surface area (Å²) in [6.45, 7) is 9.09. The molecule has 1 aromatic heterocycles. The second kappa shape index (κ2) is 7.87. The average molecular weight is 319 g/mol. The second-order valence-corrected chi connectivity index (χ2v) is 5.25. The van der Waals surface area contributed by atoms with E-state index in [9.17, 15) is 9.18 Å². The van der Waals surface area contributed by atoms with Crippen LogP contribution in [0.1, 0.15) is 30.0 Å². The van der Waals surface area contributed by atoms with Crippen LogP contribution in [0.2, 0.25) is 0 Å². The molecule has 0 bridgehead atoms. The standard InChI is InChI=1S/C17H22FN3O2/c1-4-21(5-2)11-10-19-17(22)15-12(3)23-20-16(15)13-6-8-14(18)9-7-13/h6-9H,4-5,10-11H2,1-3H3,(H,19,22). The molecule has 0 aliphatic rings. The smallest absolute Gasteiger partial charge is 0.257 e. The average Bonchev–Trinajstić information content (AvgIpc) is 2.94. The maximum Gasteiger partial charge on any atom is 0.257 e. The van der Waals surface area contributed by atoms with E-state index in [1.807, 2.05) is 0 Å². The Hall–Kier alpha value is -2.21. The fraction of sp³-hybridized carbons (Fsp3) is 0.412. The minimum Gasteiger partial charge on any atom is -0.360 e. The topological polar surface area (TPSA) is 58.4 Å². The minimum atomic E-state index is -0.334. The van der Waals surface area contributed by atoms with Crippen LogP contribution in [0.25, 0.3) is 11.3 Å². The molecule has 23 heavy (non-hydrogen) atoms. The van der Waals surface area contributed by atoms with E-state index < -0.39 is 0 Å². The summed E-state index contributed by atoms with van der Waals surface area (Å²) in [7, 11) is 0. The molecule has 5 nitrogen and oxygen atoms in total. The second-order valence-electron chi connectivity index (χ2n) is 5.25. The van der Waals surface area contributed by atoms with Crippen LogP contribution in [0, 0.1) is 12.7 Å². The highest BCUT2D eigenvalue weighted by Crippen LogP contribution is 2.25. The normalized spacial score (nSPS) is 11.0. The molecule has 1 aromatic carbocycles. The molecule has 0 atom stereocenters. The van der Waals surface area contributed by atoms with Gasteiger partial charge in [0, 0.05) is 18.7 Å². The van der Waals surface area contributed by atoms with Gasteiger partial charge in [0.1, 0.15) is 22.8 Å². The van der Waals surface area contributed by atoms with Gasteiger partial charge >= 0.3 is 0 Å². The van der Waals surface area contributed by atoms with E-state index >= 15 is 0 Å². The molecule has 0 saturated heterocycles. The highest BCUT2D eigenvalue weighted by atomic mass is 19.1. The third kappa shape index (κ3) is 4.16. The zero-order valence-corrected chi connectivity index (χ0v) is 13.7. The van der Waals surface area contributed by atoms with E-state index in [1.165, 1.54) is 12.1 Å². The number of carbonyl (C=O) groups excluding carboxylic acids is 1. The van der Waals surface area contributed by atoms with Gasteiger partial charge in [0.05, 0.1) is 0 Å². The van der Waals surface area contributed by atoms with Crippen molar-refractivity contribution in [3.8, 4) is 11.3 Å². The van der Waals surface area contributed by atoms with E-state index in [-0.39, 0.29) is 11.7 Å². The summed E-state index contributed by atoms with van der Waals surface area (Å²) >= 11 is 0. The summed E-state index contributed by atoms with van der Waals surface area (Å²) in [5.41, 5.74) is 1.48. The molecule has 1 heterocycles. The van der Waals surface area contributed by atoms with Crippen molar-refractivity contribution >= 4 is 5.91 Å². The number of hydrogen-bond donors (Lipinski definition) is 1. The zero-order valence-electron chi connectivity index (χ0n) is 13.7. The molecule has 2 rings (SSSR count). The van der Waals surface area contributed by atoms with Crippen LogP contribution >= 0.6 is 0 Å². The highest BCUT2D eigenvalue weighted by Gasteiger charge is 2.21. The van der Waals surface area contributed by atoms with Crippen molar-refractivity contribution in [2.45, 2.75) is 20.8 Å². The van der Waals surface area contributed by atoms with Gasteiger partial charge in [-0.3, -0.25) is 4.79 Å². The summed E-state index contributed by atoms with van der Waals surface area (Å²) in [5.74, 6) is -0.112. The van der Waals surface area contributed by atoms with Crippen LogP contribution in [0.3, 0.4) is 0 Å². The van der Waals surface area contributed by atoms with Crippen LogP contribution in [-0.4, -0.2) is 42.1 Å². The van der Waals surface area contributed by atoms with Gasteiger partial charge in [-0.25, -0.2) is 4.39 Å². The molecular weight excluding hydrogens is 297 g/mol. The third-order valence-corrected chi connectivity index (χ3v) is 3.82. The number of nitrogens with one attached hydrogen (secondary N) is 1. The van der Waals surface area contributed by atoms with Crippen molar-refractivity contribution in [1.82, 2.24) is 15.4 Å². The Morgan fingerprint density at radius 2 is 1.91 bits per heavy atom. The molecule has 0 radical (unpaired) electrons. The predicted molar refractivity (Wildman–Crippen MR) is 86.8 cm³/mol. The monoisotopic (exact) mass is 319 g/mol. The number of amides is 1. The van der Waals surface area contributed by atoms with Gasteiger partial charge in [0.2, 0.25) is 0 Å². The maximum atomic E-state index is 13.0. The number of likely N-dealkylation sites (N-methyl/N-ethyl adjacent to an activating group) is 1. The van der Waals surface area contributed by atoms with Crippen molar-refractivity contribution in [3.05, 3.63) is 41.4 Å². The first-order valence-electron chi connectivity index (χ1n) is 7.79. The van der Waals surface area contributed by atoms with Gasteiger partial charge in [0.15, 0.2) is 0 Å². The van der Waals surface area contributed by atoms with Crippen LogP contribution in [-0.2, 0) is 0 Å². The Morgan fingerprint density at radius 3 is 2.52 bits per heavy atom. The Kier molecular flexibility index (Phi) is 5.87. The van der Waals surface area contributed by atoms with Gasteiger partial charge in [-0.15, -0.1) is 0 Å². The molecule has 0 spiro atoms. The number of rotatable bonds is 7. The lowest BCUT2D eigenvalue weighted by molar-refractivity contribution is 0.0948. The number of nitrogens with zero attached hydrogens (tertiary/aromatic N) is 2. The molecule has 0 fully saturated rings. The Labute approximate surface area is 135 Å². The number of benzene rings is 1. The summed E-state index contributed by atoms with van der Waals surface area (Å²) in [4.78, 5) is 14.7. The van der Waals surface area contributed by atoms with E-state index in [2.05, 4.69) is 29.2 Å². The minimum absolute atomic E-state index is 0.227. The molecule has 0 aliphatic carbocycles. The van der Waals surface area contributed by atoms with Crippen LogP contribution in [0.5, 0.6) is 0 Å². The lowest BCUT2D eigenvalue weighted by Gasteiger charge is -2.17. The van der Waals surface area contributed by atoms with Gasteiger partial charge in [-0.05, 0) is 44.3 Å². The molecule has 2 aromatic rings. The fourth-order valence-electron chi connectivity index (χ4n) is 2.40. The molecule has 1 N–H and O–H groups in total. The quantitative estimate of drug-likeness (QED) is 0.852. The van der Waals surface area contributed by atoms with E-state index in [0.717, 1.165) is 19.6 Å². The number of carbonyl (C=O) groups is 1. The van der Waals surface area contributed by atoms with Crippen molar-refractivity contribution in [2.24, 2.45) is 0 Å². The summed E-state index contributed by atoms with van der Waals surface area (Å²) in [6.07, 6.45) is 0. The van der Waals surface area contributed by atoms with Gasteiger partial charge in [-0.1, -0.05) is 19.0 Å². The van der Waals surface area contributed by atoms with Crippen molar-refractivity contribution < 1.29 is 13.7 Å². The van der Waals surface area contributed by atoms with E-state index in [0.29, 0.717) is 29.1 Å². The molecule has 124 valence electrons. The van der Waals surface area contributed by atoms with Crippen LogP contribution < -0.4 is 5.32 Å². The first-order valence-corrected chi connectivity index (χ1v) is 7.79. The third-order valence-electron chi connectivity index (χ3n) is 3.82. The number of hydrogen-bond acceptors (Lipinski definition) is 4. The lowest BCUT2D eigenvalue weighted by Crippen LogP contribution is -2.35. The number of aromatic nitrogens is 1. The maximum absolute atomic E-state index is 13.0. The van der Waals surface area contributed by atoms with Gasteiger partial charge in [-0.2, -0.15) is 0 Å². The van der Waals surface area contributed by atoms with Gasteiger partial charge < -0.3 is 14.7 Å². The first-order chi connectivity index (χ1) is 11.1. The van der Waals surface area contributed by atoms with E-state index in [4.69, 9.17) is 4.52 Å². The molecule has 0 unspecified atom stereocenters. The predicted octanol–water partition coefficient (Wildman–Crippen LogP) is 2.86. The Bertz CT molecular complexity index is 648.